The third-order valence-electron chi connectivity index (χ3n) is 15.9. The molecule has 28 heteroatoms. The Morgan fingerprint density at radius 1 is 0.615 bits per heavy atom. The molecule has 0 saturated heterocycles. The average molecular weight is 1260 g/mol. The Kier molecular flexibility index (Phi) is 18.0. The zero-order valence-electron chi connectivity index (χ0n) is 49.1. The minimum Gasteiger partial charge on any atom is -0.497 e. The number of aliphatic carboxylic acids is 2. The number of nitrogen functional groups attached to an aromatic ring is 1. The third-order valence-corrected chi connectivity index (χ3v) is 15.9. The highest BCUT2D eigenvalue weighted by Gasteiger charge is 2.39. The van der Waals surface area contributed by atoms with Crippen molar-refractivity contribution in [3.63, 3.8) is 0 Å². The van der Waals surface area contributed by atoms with E-state index in [0.717, 1.165) is 42.2 Å². The van der Waals surface area contributed by atoms with Crippen molar-refractivity contribution in [1.29, 1.82) is 0 Å². The number of benzene rings is 3. The molecule has 2 aliphatic carbocycles. The van der Waals surface area contributed by atoms with Crippen LogP contribution in [-0.4, -0.2) is 98.3 Å². The van der Waals surface area contributed by atoms with Gasteiger partial charge in [-0.3, -0.25) is 28.0 Å². The number of carbonyl (C=O) groups excluding carboxylic acids is 3. The number of halogens is 6. The van der Waals surface area contributed by atoms with Gasteiger partial charge in [-0.25, -0.2) is 34.7 Å². The minimum absolute atomic E-state index is 0.103. The summed E-state index contributed by atoms with van der Waals surface area (Å²) in [4.78, 5) is 88.0. The summed E-state index contributed by atoms with van der Waals surface area (Å²) < 4.78 is 93.0. The zero-order chi connectivity index (χ0) is 65.1. The molecule has 6 heterocycles. The van der Waals surface area contributed by atoms with Gasteiger partial charge in [-0.05, 0) is 113 Å². The summed E-state index contributed by atoms with van der Waals surface area (Å²) in [5.74, 6) is -1.68. The van der Waals surface area contributed by atoms with Crippen molar-refractivity contribution in [1.82, 2.24) is 44.0 Å². The molecule has 91 heavy (non-hydrogen) atoms. The van der Waals surface area contributed by atoms with Crippen molar-refractivity contribution in [2.45, 2.75) is 88.6 Å². The Bertz CT molecular complexity index is 4230. The van der Waals surface area contributed by atoms with Crippen LogP contribution in [0.2, 0.25) is 0 Å². The number of methoxy groups -OCH3 is 2. The molecule has 6 aromatic heterocycles. The summed E-state index contributed by atoms with van der Waals surface area (Å²) in [6.07, 6.45) is 2.83. The quantitative estimate of drug-likeness (QED) is 0.0417. The Labute approximate surface area is 514 Å². The first-order chi connectivity index (χ1) is 43.3. The van der Waals surface area contributed by atoms with Gasteiger partial charge in [0.1, 0.15) is 68.6 Å². The number of imidazole rings is 2. The van der Waals surface area contributed by atoms with E-state index in [2.05, 4.69) is 41.2 Å². The number of rotatable bonds is 17. The maximum absolute atomic E-state index is 13.1. The van der Waals surface area contributed by atoms with Gasteiger partial charge in [-0.15, -0.1) is 0 Å². The molecule has 3 aromatic carbocycles. The maximum atomic E-state index is 13.1. The van der Waals surface area contributed by atoms with Gasteiger partial charge in [0.05, 0.1) is 31.3 Å². The van der Waals surface area contributed by atoms with Crippen LogP contribution in [0.15, 0.2) is 128 Å². The normalized spacial score (nSPS) is 16.6. The smallest absolute Gasteiger partial charge is 0.416 e. The highest BCUT2D eigenvalue weighted by atomic mass is 19.4. The van der Waals surface area contributed by atoms with Gasteiger partial charge in [0, 0.05) is 95.4 Å². The van der Waals surface area contributed by atoms with Gasteiger partial charge in [-0.1, -0.05) is 24.3 Å². The molecule has 22 nitrogen and oxygen atoms in total. The minimum atomic E-state index is -4.58. The maximum Gasteiger partial charge on any atom is 0.416 e. The lowest BCUT2D eigenvalue weighted by Crippen LogP contribution is -2.51. The number of ether oxygens (including phenoxy) is 2. The van der Waals surface area contributed by atoms with Crippen LogP contribution in [0, 0.1) is 11.8 Å². The van der Waals surface area contributed by atoms with E-state index < -0.39 is 58.7 Å². The van der Waals surface area contributed by atoms with E-state index in [1.54, 1.807) is 81.5 Å². The second-order valence-corrected chi connectivity index (χ2v) is 22.3. The lowest BCUT2D eigenvalue weighted by Gasteiger charge is -2.23. The molecule has 0 bridgehead atoms. The van der Waals surface area contributed by atoms with Crippen molar-refractivity contribution in [2.75, 3.05) is 35.9 Å². The number of aromatic nitrogens is 8. The fourth-order valence-electron chi connectivity index (χ4n) is 11.1. The molecular weight excluding hydrogens is 1200 g/mol. The summed E-state index contributed by atoms with van der Waals surface area (Å²) in [6.45, 7) is 3.22. The molecule has 2 aliphatic rings. The first-order valence-electron chi connectivity index (χ1n) is 28.4. The lowest BCUT2D eigenvalue weighted by atomic mass is 10.0. The summed E-state index contributed by atoms with van der Waals surface area (Å²) in [5, 5.41) is 29.8. The van der Waals surface area contributed by atoms with E-state index in [-0.39, 0.29) is 52.2 Å². The predicted octanol–water partition coefficient (Wildman–Crippen LogP) is 11.2. The van der Waals surface area contributed by atoms with Crippen LogP contribution in [0.5, 0.6) is 11.5 Å². The molecule has 2 fully saturated rings. The molecule has 8 N–H and O–H groups in total. The number of hydrogen-bond acceptors (Lipinski definition) is 15. The standard InChI is InChI=1S/C34H31F3N6O5.C29H28F3N7O4/c1-47-25-10-9-23(26(17-25)48-2)18-40-30-29-28(42-31(43(29)14-13-39-30)21-7-8-22(15-21)33(45)46)19-3-5-20(6-4-19)32(44)41-27-16-24(11-12-38-27)34(35,36)37;1-28(2,27(42)43)38-26(41)18-8-7-17(13-18)24-37-21(22-23(33)35-11-12-39(22)24)15-3-5-16(6-4-15)25(40)36-20-14-19(9-10-34-20)29(30,31)32/h3-6,9-14,16-17,21-22H,7-8,15,18H2,1-2H3,(H,39,40)(H,45,46)(H,38,41,44);3-6,9-12,14,17-18H,7-8,13H2,1-2H3,(H2,33,35)(H,38,41)(H,42,43)(H,34,36,40)/t21-,22+;17-,18+/m11/s1. The second-order valence-electron chi connectivity index (χ2n) is 22.3. The Morgan fingerprint density at radius 3 is 1.62 bits per heavy atom. The first kappa shape index (κ1) is 63.4. The molecule has 9 aromatic rings. The largest absolute Gasteiger partial charge is 0.497 e. The van der Waals surface area contributed by atoms with E-state index in [9.17, 15) is 60.5 Å². The van der Waals surface area contributed by atoms with Crippen LogP contribution in [0.1, 0.15) is 113 Å². The fourth-order valence-corrected chi connectivity index (χ4v) is 11.1. The van der Waals surface area contributed by atoms with Crippen molar-refractivity contribution in [3.05, 3.63) is 168 Å². The Morgan fingerprint density at radius 2 is 1.12 bits per heavy atom. The van der Waals surface area contributed by atoms with Gasteiger partial charge in [0.25, 0.3) is 11.8 Å². The summed E-state index contributed by atoms with van der Waals surface area (Å²) in [5.41, 5.74) is 7.78. The zero-order valence-corrected chi connectivity index (χ0v) is 49.1. The molecule has 2 saturated carbocycles. The van der Waals surface area contributed by atoms with E-state index in [4.69, 9.17) is 25.2 Å². The van der Waals surface area contributed by atoms with Gasteiger partial charge in [0.2, 0.25) is 5.91 Å². The number of alkyl halides is 6. The van der Waals surface area contributed by atoms with E-state index in [1.165, 1.54) is 26.0 Å². The molecule has 472 valence electrons. The molecule has 3 amide bonds. The Balaban J connectivity index is 0.000000201. The summed E-state index contributed by atoms with van der Waals surface area (Å²) >= 11 is 0. The fraction of sp³-hybridized carbons (Fsp3) is 0.286. The van der Waals surface area contributed by atoms with Crippen molar-refractivity contribution in [3.8, 4) is 34.0 Å². The molecular formula is C63H59F6N13O9. The lowest BCUT2D eigenvalue weighted by molar-refractivity contribution is -0.146. The number of hydrogen-bond donors (Lipinski definition) is 7. The van der Waals surface area contributed by atoms with Crippen molar-refractivity contribution >= 4 is 64.0 Å². The highest BCUT2D eigenvalue weighted by Crippen LogP contribution is 2.43. The van der Waals surface area contributed by atoms with E-state index >= 15 is 0 Å². The van der Waals surface area contributed by atoms with Gasteiger partial charge < -0.3 is 46.7 Å². The Hall–Kier alpha value is -10.7. The van der Waals surface area contributed by atoms with Crippen LogP contribution in [0.4, 0.5) is 49.6 Å². The monoisotopic (exact) mass is 1260 g/mol. The van der Waals surface area contributed by atoms with Crippen LogP contribution < -0.4 is 36.5 Å². The highest BCUT2D eigenvalue weighted by molar-refractivity contribution is 6.05. The predicted molar refractivity (Wildman–Crippen MR) is 320 cm³/mol. The van der Waals surface area contributed by atoms with E-state index in [0.29, 0.717) is 108 Å². The number of anilines is 4. The number of nitrogens with one attached hydrogen (secondary N) is 4. The molecule has 0 unspecified atom stereocenters. The van der Waals surface area contributed by atoms with Crippen LogP contribution in [0.3, 0.4) is 0 Å². The van der Waals surface area contributed by atoms with Gasteiger partial charge in [-0.2, -0.15) is 26.3 Å². The first-order valence-corrected chi connectivity index (χ1v) is 28.4. The number of pyridine rings is 2. The van der Waals surface area contributed by atoms with E-state index in [1.807, 2.05) is 20.9 Å². The molecule has 4 atom stereocenters. The van der Waals surface area contributed by atoms with Crippen molar-refractivity contribution < 1.29 is 70.0 Å². The number of nitrogens with zero attached hydrogens (tertiary/aromatic N) is 8. The number of carboxylic acids is 2. The number of carboxylic acid groups (broad SMARTS) is 2. The number of fused-ring (bicyclic) bond motifs is 2. The molecule has 11 rings (SSSR count). The third kappa shape index (κ3) is 14.0. The number of carbonyl (C=O) groups is 5. The van der Waals surface area contributed by atoms with Gasteiger partial charge in [0.15, 0.2) is 5.82 Å². The van der Waals surface area contributed by atoms with Crippen LogP contribution in [0.25, 0.3) is 33.5 Å². The van der Waals surface area contributed by atoms with Crippen LogP contribution in [-0.2, 0) is 33.3 Å². The van der Waals surface area contributed by atoms with Crippen molar-refractivity contribution in [2.24, 2.45) is 11.8 Å². The molecule has 0 aliphatic heterocycles. The number of amides is 3. The molecule has 0 spiro atoms. The second kappa shape index (κ2) is 25.8. The van der Waals surface area contributed by atoms with Crippen LogP contribution >= 0.6 is 0 Å². The average Bonchev–Trinajstić information content (AvgIpc) is 1.62. The number of nitrogens with two attached hydrogens (primary N) is 1. The topological polar surface area (TPSA) is 305 Å². The summed E-state index contributed by atoms with van der Waals surface area (Å²) in [6, 6.07) is 21.5. The SMILES string of the molecule is CC(C)(NC(=O)[C@H]1CC[C@@H](c2nc(-c3ccc(C(=O)Nc4cc(C(F)(F)F)ccn4)cc3)c3c(N)nccn23)C1)C(=O)O.COc1ccc(CNc2nccn3c([C@@H]4CC[C@H](C(=O)O)C4)nc(-c4ccc(C(=O)Nc5cc(C(F)(F)F)ccn5)cc4)c23)c(OC)c1. The molecule has 0 radical (unpaired) electrons. The van der Waals surface area contributed by atoms with Gasteiger partial charge >= 0.3 is 24.3 Å². The summed E-state index contributed by atoms with van der Waals surface area (Å²) in [7, 11) is 3.15.